The van der Waals surface area contributed by atoms with Crippen molar-refractivity contribution in [2.75, 3.05) is 0 Å². The SMILES string of the molecule is [Cu].[O]=[Ti]=[O].[O]=[Zn]. The maximum atomic E-state index is 8.50. The van der Waals surface area contributed by atoms with Crippen molar-refractivity contribution in [1.82, 2.24) is 0 Å². The molecule has 3 nitrogen and oxygen atoms in total. The molecule has 0 aliphatic rings. The van der Waals surface area contributed by atoms with E-state index in [9.17, 15) is 0 Å². The van der Waals surface area contributed by atoms with Gasteiger partial charge in [0.05, 0.1) is 0 Å². The molecule has 1 radical (unpaired) electrons. The number of hydrogen-bond donors (Lipinski definition) is 0. The standard InChI is InChI=1S/Cu.3O.Ti.Zn. The zero-order valence-corrected chi connectivity index (χ0v) is 8.20. The first-order valence-electron chi connectivity index (χ1n) is 0.697. The van der Waals surface area contributed by atoms with Crippen molar-refractivity contribution in [3.05, 3.63) is 0 Å². The fraction of sp³-hybridized carbons (Fsp3) is 0. The summed E-state index contributed by atoms with van der Waals surface area (Å²) >= 11 is -1.88. The molecule has 6 heteroatoms. The molecule has 0 saturated heterocycles. The first-order chi connectivity index (χ1) is 2.41. The van der Waals surface area contributed by atoms with Crippen LogP contribution >= 0.6 is 0 Å². The maximum absolute atomic E-state index is 8.50. The van der Waals surface area contributed by atoms with Crippen LogP contribution in [0.4, 0.5) is 0 Å². The number of hydrogen-bond acceptors (Lipinski definition) is 3. The van der Waals surface area contributed by atoms with Crippen molar-refractivity contribution in [2.45, 2.75) is 0 Å². The molecule has 0 atom stereocenters. The molecule has 0 unspecified atom stereocenters. The molecule has 0 rings (SSSR count). The summed E-state index contributed by atoms with van der Waals surface area (Å²) in [6, 6.07) is 0. The van der Waals surface area contributed by atoms with E-state index < -0.39 is 19.1 Å². The van der Waals surface area contributed by atoms with Crippen molar-refractivity contribution in [3.63, 3.8) is 0 Å². The summed E-state index contributed by atoms with van der Waals surface area (Å²) < 4.78 is 25.4. The molecule has 0 amide bonds. The summed E-state index contributed by atoms with van der Waals surface area (Å²) in [5.74, 6) is 0. The minimum atomic E-state index is -2.00. The molecule has 0 aromatic heterocycles. The van der Waals surface area contributed by atoms with Gasteiger partial charge in [0, 0.05) is 17.1 Å². The molecule has 0 aliphatic heterocycles. The minimum absolute atomic E-state index is 0. The van der Waals surface area contributed by atoms with Gasteiger partial charge in [-0.3, -0.25) is 0 Å². The van der Waals surface area contributed by atoms with Gasteiger partial charge in [-0.25, -0.2) is 0 Å². The van der Waals surface area contributed by atoms with Gasteiger partial charge in [0.2, 0.25) is 0 Å². The van der Waals surface area contributed by atoms with Gasteiger partial charge in [0.1, 0.15) is 0 Å². The Morgan fingerprint density at radius 3 is 1.17 bits per heavy atom. The van der Waals surface area contributed by atoms with Crippen LogP contribution in [0.2, 0.25) is 0 Å². The van der Waals surface area contributed by atoms with E-state index in [4.69, 9.17) is 10.2 Å². The first-order valence-corrected chi connectivity index (χ1v) is 3.18. The summed E-state index contributed by atoms with van der Waals surface area (Å²) in [6.45, 7) is 0. The van der Waals surface area contributed by atoms with Crippen molar-refractivity contribution < 1.29 is 64.6 Å². The van der Waals surface area contributed by atoms with E-state index in [0.29, 0.717) is 0 Å². The van der Waals surface area contributed by atoms with Crippen molar-refractivity contribution in [3.8, 4) is 0 Å². The Kier molecular flexibility index (Phi) is 88.7. The normalized spacial score (nSPS) is 2.33. The Bertz CT molecular complexity index is 40.1. The van der Waals surface area contributed by atoms with Gasteiger partial charge in [-0.05, 0) is 0 Å². The van der Waals surface area contributed by atoms with Crippen molar-refractivity contribution >= 4 is 0 Å². The predicted molar refractivity (Wildman–Crippen MR) is 2.06 cm³/mol. The average Bonchev–Trinajstić information content (AvgIpc) is 1.46. The Morgan fingerprint density at radius 2 is 1.17 bits per heavy atom. The van der Waals surface area contributed by atoms with E-state index in [1.165, 1.54) is 0 Å². The van der Waals surface area contributed by atoms with E-state index >= 15 is 0 Å². The second-order valence-corrected chi connectivity index (χ2v) is 0.344. The van der Waals surface area contributed by atoms with Gasteiger partial charge in [0.25, 0.3) is 0 Å². The monoisotopic (exact) mass is 223 g/mol. The molecule has 0 bridgehead atoms. The molecule has 35 valence electrons. The average molecular weight is 225 g/mol. The number of rotatable bonds is 0. The topological polar surface area (TPSA) is 51.2 Å². The Hall–Kier alpha value is 1.26. The fourth-order valence-electron chi connectivity index (χ4n) is 0. The molecule has 0 saturated carbocycles. The molecule has 0 N–H and O–H groups in total. The summed E-state index contributed by atoms with van der Waals surface area (Å²) in [5.41, 5.74) is 0. The first kappa shape index (κ1) is 15.7. The molecule has 0 heterocycles. The quantitative estimate of drug-likeness (QED) is 0.528. The van der Waals surface area contributed by atoms with Gasteiger partial charge in [-0.2, -0.15) is 0 Å². The summed E-state index contributed by atoms with van der Waals surface area (Å²) in [7, 11) is 0. The van der Waals surface area contributed by atoms with Crippen molar-refractivity contribution in [2.24, 2.45) is 0 Å². The fourth-order valence-corrected chi connectivity index (χ4v) is 0. The Morgan fingerprint density at radius 1 is 1.17 bits per heavy atom. The molecular formula is CuO3TiZn. The Labute approximate surface area is 64.2 Å². The predicted octanol–water partition coefficient (Wildman–Crippen LogP) is -0.364. The van der Waals surface area contributed by atoms with Crippen LogP contribution in [-0.2, 0) is 64.6 Å². The second kappa shape index (κ2) is 33.9. The third-order valence-corrected chi connectivity index (χ3v) is 0. The summed E-state index contributed by atoms with van der Waals surface area (Å²) in [4.78, 5) is 0. The molecule has 0 spiro atoms. The third kappa shape index (κ3) is 60.3. The van der Waals surface area contributed by atoms with Gasteiger partial charge >= 0.3 is 47.6 Å². The van der Waals surface area contributed by atoms with Gasteiger partial charge in [-0.15, -0.1) is 0 Å². The molecule has 0 aromatic carbocycles. The van der Waals surface area contributed by atoms with Crippen LogP contribution in [0, 0.1) is 0 Å². The second-order valence-electron chi connectivity index (χ2n) is 0.0833. The zero-order valence-electron chi connectivity index (χ0n) is 2.73. The van der Waals surface area contributed by atoms with E-state index in [2.05, 4.69) is 0 Å². The molecule has 0 fully saturated rings. The van der Waals surface area contributed by atoms with E-state index in [-0.39, 0.29) is 35.3 Å². The Balaban J connectivity index is -0.0000000275. The van der Waals surface area contributed by atoms with Gasteiger partial charge < -0.3 is 0 Å². The summed E-state index contributed by atoms with van der Waals surface area (Å²) in [6.07, 6.45) is 0. The third-order valence-electron chi connectivity index (χ3n) is 0. The van der Waals surface area contributed by atoms with E-state index in [1.807, 2.05) is 0 Å². The van der Waals surface area contributed by atoms with E-state index in [0.717, 1.165) is 0 Å². The van der Waals surface area contributed by atoms with Gasteiger partial charge in [0.15, 0.2) is 0 Å². The van der Waals surface area contributed by atoms with Crippen LogP contribution in [0.25, 0.3) is 0 Å². The van der Waals surface area contributed by atoms with Crippen LogP contribution in [0.15, 0.2) is 0 Å². The van der Waals surface area contributed by atoms with Crippen LogP contribution in [0.1, 0.15) is 0 Å². The van der Waals surface area contributed by atoms with Crippen LogP contribution in [0.5, 0.6) is 0 Å². The zero-order chi connectivity index (χ0) is 4.71. The molecular weight excluding hydrogens is 225 g/mol. The van der Waals surface area contributed by atoms with Crippen LogP contribution in [-0.4, -0.2) is 0 Å². The molecule has 0 aliphatic carbocycles. The van der Waals surface area contributed by atoms with Crippen LogP contribution < -0.4 is 0 Å². The summed E-state index contributed by atoms with van der Waals surface area (Å²) in [5, 5.41) is 0. The van der Waals surface area contributed by atoms with Crippen LogP contribution in [0.3, 0.4) is 0 Å². The molecule has 6 heavy (non-hydrogen) atoms. The van der Waals surface area contributed by atoms with Crippen molar-refractivity contribution in [1.29, 1.82) is 0 Å². The van der Waals surface area contributed by atoms with E-state index in [1.54, 1.807) is 0 Å². The van der Waals surface area contributed by atoms with Gasteiger partial charge in [-0.1, -0.05) is 0 Å². The molecule has 0 aromatic rings.